The fraction of sp³-hybridized carbons (Fsp3) is 0.167. The normalized spacial score (nSPS) is 10.4. The van der Waals surface area contributed by atoms with Crippen LogP contribution in [0.15, 0.2) is 30.3 Å². The molecule has 7 nitrogen and oxygen atoms in total. The summed E-state index contributed by atoms with van der Waals surface area (Å²) in [6, 6.07) is 9.20. The number of nitro groups is 1. The molecule has 1 aromatic heterocycles. The summed E-state index contributed by atoms with van der Waals surface area (Å²) in [6.45, 7) is 1.78. The van der Waals surface area contributed by atoms with Crippen LogP contribution in [-0.4, -0.2) is 25.8 Å². The van der Waals surface area contributed by atoms with Gasteiger partial charge in [0.15, 0.2) is 0 Å². The van der Waals surface area contributed by atoms with Gasteiger partial charge in [0, 0.05) is 0 Å². The van der Waals surface area contributed by atoms with Gasteiger partial charge in [-0.3, -0.25) is 14.8 Å². The summed E-state index contributed by atoms with van der Waals surface area (Å²) in [5.74, 6) is -1.40. The van der Waals surface area contributed by atoms with Crippen LogP contribution in [0.1, 0.15) is 21.7 Å². The number of carboxylic acid groups (broad SMARTS) is 1. The van der Waals surface area contributed by atoms with Crippen LogP contribution in [0.5, 0.6) is 0 Å². The molecule has 1 heterocycles. The molecule has 0 spiro atoms. The molecule has 2 aromatic rings. The lowest BCUT2D eigenvalue weighted by Gasteiger charge is -2.03. The molecule has 1 N–H and O–H groups in total. The topological polar surface area (TPSA) is 98.3 Å². The van der Waals surface area contributed by atoms with E-state index in [-0.39, 0.29) is 5.69 Å². The second kappa shape index (κ2) is 4.89. The van der Waals surface area contributed by atoms with Crippen LogP contribution in [-0.2, 0) is 6.54 Å². The van der Waals surface area contributed by atoms with Gasteiger partial charge in [0.25, 0.3) is 0 Å². The SMILES string of the molecule is Cc1c([N+](=O)[O-])c(C(=O)O)nn1Cc1ccccc1. The summed E-state index contributed by atoms with van der Waals surface area (Å²) in [7, 11) is 0. The monoisotopic (exact) mass is 261 g/mol. The molecule has 0 aliphatic heterocycles. The number of hydrogen-bond acceptors (Lipinski definition) is 4. The molecule has 0 unspecified atom stereocenters. The largest absolute Gasteiger partial charge is 0.476 e. The van der Waals surface area contributed by atoms with E-state index >= 15 is 0 Å². The summed E-state index contributed by atoms with van der Waals surface area (Å²) in [5, 5.41) is 23.6. The maximum absolute atomic E-state index is 11.0. The Morgan fingerprint density at radius 3 is 2.53 bits per heavy atom. The van der Waals surface area contributed by atoms with Crippen LogP contribution >= 0.6 is 0 Å². The fourth-order valence-corrected chi connectivity index (χ4v) is 1.81. The van der Waals surface area contributed by atoms with Gasteiger partial charge in [-0.15, -0.1) is 0 Å². The third-order valence-electron chi connectivity index (χ3n) is 2.74. The van der Waals surface area contributed by atoms with E-state index in [2.05, 4.69) is 5.10 Å². The Balaban J connectivity index is 2.45. The van der Waals surface area contributed by atoms with E-state index in [9.17, 15) is 14.9 Å². The molecule has 0 amide bonds. The molecular formula is C12H11N3O4. The van der Waals surface area contributed by atoms with Crippen molar-refractivity contribution in [1.82, 2.24) is 9.78 Å². The van der Waals surface area contributed by atoms with Gasteiger partial charge in [-0.05, 0) is 12.5 Å². The van der Waals surface area contributed by atoms with Crippen molar-refractivity contribution >= 4 is 11.7 Å². The molecule has 0 fully saturated rings. The zero-order valence-electron chi connectivity index (χ0n) is 10.1. The van der Waals surface area contributed by atoms with Crippen LogP contribution in [0.3, 0.4) is 0 Å². The van der Waals surface area contributed by atoms with E-state index in [1.807, 2.05) is 30.3 Å². The Kier molecular flexibility index (Phi) is 3.28. The Labute approximate surface area is 108 Å². The van der Waals surface area contributed by atoms with Gasteiger partial charge in [-0.1, -0.05) is 30.3 Å². The molecule has 0 bridgehead atoms. The molecule has 1 aromatic carbocycles. The minimum Gasteiger partial charge on any atom is -0.476 e. The number of rotatable bonds is 4. The van der Waals surface area contributed by atoms with Crippen molar-refractivity contribution in [1.29, 1.82) is 0 Å². The molecule has 0 saturated heterocycles. The smallest absolute Gasteiger partial charge is 0.363 e. The average molecular weight is 261 g/mol. The quantitative estimate of drug-likeness (QED) is 0.668. The number of carbonyl (C=O) groups is 1. The lowest BCUT2D eigenvalue weighted by atomic mass is 10.2. The van der Waals surface area contributed by atoms with Gasteiger partial charge >= 0.3 is 11.7 Å². The summed E-state index contributed by atoms with van der Waals surface area (Å²) in [6.07, 6.45) is 0. The average Bonchev–Trinajstić information content (AvgIpc) is 2.68. The third-order valence-corrected chi connectivity index (χ3v) is 2.74. The van der Waals surface area contributed by atoms with E-state index in [1.165, 1.54) is 11.6 Å². The Morgan fingerprint density at radius 1 is 1.42 bits per heavy atom. The first kappa shape index (κ1) is 12.7. The van der Waals surface area contributed by atoms with Crippen molar-refractivity contribution in [2.24, 2.45) is 0 Å². The highest BCUT2D eigenvalue weighted by Gasteiger charge is 2.29. The van der Waals surface area contributed by atoms with Crippen LogP contribution in [0.25, 0.3) is 0 Å². The molecule has 0 atom stereocenters. The lowest BCUT2D eigenvalue weighted by molar-refractivity contribution is -0.385. The summed E-state index contributed by atoms with van der Waals surface area (Å²) < 4.78 is 1.33. The predicted octanol–water partition coefficient (Wildman–Crippen LogP) is 1.85. The van der Waals surface area contributed by atoms with Crippen LogP contribution in [0.4, 0.5) is 5.69 Å². The Hall–Kier alpha value is -2.70. The van der Waals surface area contributed by atoms with Crippen molar-refractivity contribution in [3.05, 3.63) is 57.4 Å². The minimum absolute atomic E-state index is 0.228. The molecule has 7 heteroatoms. The minimum atomic E-state index is -1.40. The molecule has 0 saturated carbocycles. The van der Waals surface area contributed by atoms with Gasteiger partial charge in [0.1, 0.15) is 5.69 Å². The highest BCUT2D eigenvalue weighted by molar-refractivity contribution is 5.90. The zero-order chi connectivity index (χ0) is 14.0. The van der Waals surface area contributed by atoms with E-state index in [0.717, 1.165) is 5.56 Å². The fourth-order valence-electron chi connectivity index (χ4n) is 1.81. The lowest BCUT2D eigenvalue weighted by Crippen LogP contribution is -2.05. The van der Waals surface area contributed by atoms with E-state index in [4.69, 9.17) is 5.11 Å². The highest BCUT2D eigenvalue weighted by Crippen LogP contribution is 2.23. The number of carboxylic acids is 1. The summed E-state index contributed by atoms with van der Waals surface area (Å²) in [4.78, 5) is 21.2. The Morgan fingerprint density at radius 2 is 2.05 bits per heavy atom. The highest BCUT2D eigenvalue weighted by atomic mass is 16.6. The molecular weight excluding hydrogens is 250 g/mol. The van der Waals surface area contributed by atoms with Crippen molar-refractivity contribution in [3.8, 4) is 0 Å². The number of hydrogen-bond donors (Lipinski definition) is 1. The second-order valence-corrected chi connectivity index (χ2v) is 3.99. The third kappa shape index (κ3) is 2.44. The summed E-state index contributed by atoms with van der Waals surface area (Å²) >= 11 is 0. The van der Waals surface area contributed by atoms with E-state index in [1.54, 1.807) is 0 Å². The maximum atomic E-state index is 11.0. The molecule has 0 aliphatic carbocycles. The van der Waals surface area contributed by atoms with Crippen molar-refractivity contribution in [2.75, 3.05) is 0 Å². The Bertz CT molecular complexity index is 634. The standard InChI is InChI=1S/C12H11N3O4/c1-8-11(15(18)19)10(12(16)17)13-14(8)7-9-5-3-2-4-6-9/h2-6H,7H2,1H3,(H,16,17). The molecule has 0 aliphatic rings. The van der Waals surface area contributed by atoms with Gasteiger partial charge < -0.3 is 5.11 Å². The number of aromatic carboxylic acids is 1. The van der Waals surface area contributed by atoms with Crippen LogP contribution in [0, 0.1) is 17.0 Å². The summed E-state index contributed by atoms with van der Waals surface area (Å²) in [5.41, 5.74) is 0.132. The van der Waals surface area contributed by atoms with Crippen LogP contribution in [0.2, 0.25) is 0 Å². The molecule has 0 radical (unpaired) electrons. The van der Waals surface area contributed by atoms with Gasteiger partial charge in [0.05, 0.1) is 11.5 Å². The van der Waals surface area contributed by atoms with Crippen LogP contribution < -0.4 is 0 Å². The van der Waals surface area contributed by atoms with Crippen molar-refractivity contribution in [2.45, 2.75) is 13.5 Å². The van der Waals surface area contributed by atoms with Gasteiger partial charge in [-0.2, -0.15) is 5.10 Å². The first-order valence-corrected chi connectivity index (χ1v) is 5.49. The van der Waals surface area contributed by atoms with E-state index in [0.29, 0.717) is 6.54 Å². The molecule has 2 rings (SSSR count). The number of aromatic nitrogens is 2. The van der Waals surface area contributed by atoms with Gasteiger partial charge in [0.2, 0.25) is 5.69 Å². The first-order chi connectivity index (χ1) is 9.00. The predicted molar refractivity (Wildman–Crippen MR) is 66.1 cm³/mol. The van der Waals surface area contributed by atoms with Crippen molar-refractivity contribution < 1.29 is 14.8 Å². The molecule has 19 heavy (non-hydrogen) atoms. The van der Waals surface area contributed by atoms with E-state index < -0.39 is 22.3 Å². The van der Waals surface area contributed by atoms with Crippen molar-refractivity contribution in [3.63, 3.8) is 0 Å². The zero-order valence-corrected chi connectivity index (χ0v) is 10.1. The second-order valence-electron chi connectivity index (χ2n) is 3.99. The first-order valence-electron chi connectivity index (χ1n) is 5.49. The maximum Gasteiger partial charge on any atom is 0.363 e. The van der Waals surface area contributed by atoms with Gasteiger partial charge in [-0.25, -0.2) is 4.79 Å². The number of nitrogens with zero attached hydrogens (tertiary/aromatic N) is 3. The number of benzene rings is 1. The molecule has 98 valence electrons.